The Bertz CT molecular complexity index is 375. The Morgan fingerprint density at radius 2 is 2.53 bits per heavy atom. The molecule has 2 heterocycles. The smallest absolute Gasteiger partial charge is 0.450 e. The van der Waals surface area contributed by atoms with Gasteiger partial charge < -0.3 is 14.7 Å². The monoisotopic (exact) mass is 211 g/mol. The molecule has 0 saturated heterocycles. The molecule has 82 valence electrons. The molecule has 0 bridgehead atoms. The Balaban J connectivity index is 2.00. The van der Waals surface area contributed by atoms with Crippen LogP contribution in [0.15, 0.2) is 0 Å². The molecule has 2 rings (SSSR count). The molecule has 6 heteroatoms. The molecule has 2 N–H and O–H groups in total. The molecule has 0 spiro atoms. The zero-order valence-electron chi connectivity index (χ0n) is 8.49. The molecule has 6 nitrogen and oxygen atoms in total. The van der Waals surface area contributed by atoms with Crippen LogP contribution in [0.2, 0.25) is 0 Å². The third-order valence-electron chi connectivity index (χ3n) is 2.53. The van der Waals surface area contributed by atoms with Crippen LogP contribution >= 0.6 is 0 Å². The number of aromatic amines is 1. The number of rotatable bonds is 3. The summed E-state index contributed by atoms with van der Waals surface area (Å²) in [6.07, 6.45) is 0.247. The summed E-state index contributed by atoms with van der Waals surface area (Å²) in [5.41, 5.74) is 3.11. The average Bonchev–Trinajstić information content (AvgIpc) is 2.71. The predicted molar refractivity (Wildman–Crippen MR) is 53.2 cm³/mol. The van der Waals surface area contributed by atoms with Crippen LogP contribution in [0.1, 0.15) is 11.4 Å². The highest BCUT2D eigenvalue weighted by molar-refractivity contribution is 5.59. The molecule has 0 aliphatic carbocycles. The first-order valence-corrected chi connectivity index (χ1v) is 4.81. The maximum Gasteiger partial charge on any atom is 0.505 e. The molecule has 0 radical (unpaired) electrons. The molecule has 1 aliphatic rings. The summed E-state index contributed by atoms with van der Waals surface area (Å²) >= 11 is 0. The lowest BCUT2D eigenvalue weighted by Gasteiger charge is -2.11. The number of likely N-dealkylation sites (N-methyl/N-ethyl adjacent to an activating group) is 1. The van der Waals surface area contributed by atoms with Crippen molar-refractivity contribution < 1.29 is 14.6 Å². The fourth-order valence-electron chi connectivity index (χ4n) is 1.84. The molecule has 15 heavy (non-hydrogen) atoms. The van der Waals surface area contributed by atoms with Crippen molar-refractivity contribution in [3.05, 3.63) is 11.4 Å². The van der Waals surface area contributed by atoms with Gasteiger partial charge in [-0.3, -0.25) is 5.10 Å². The van der Waals surface area contributed by atoms with Gasteiger partial charge in [0.25, 0.3) is 0 Å². The van der Waals surface area contributed by atoms with Gasteiger partial charge in [0, 0.05) is 26.4 Å². The summed E-state index contributed by atoms with van der Waals surface area (Å²) in [4.78, 5) is 12.3. The van der Waals surface area contributed by atoms with Crippen molar-refractivity contribution in [1.82, 2.24) is 10.2 Å². The van der Waals surface area contributed by atoms with E-state index < -0.39 is 6.16 Å². The van der Waals surface area contributed by atoms with Crippen molar-refractivity contribution in [3.63, 3.8) is 0 Å². The van der Waals surface area contributed by atoms with Crippen LogP contribution in [-0.2, 0) is 17.6 Å². The number of carbonyl (C=O) groups is 1. The molecular formula is C9H13N3O3. The van der Waals surface area contributed by atoms with Crippen LogP contribution in [0.4, 0.5) is 10.5 Å². The number of aromatic nitrogens is 2. The highest BCUT2D eigenvalue weighted by Crippen LogP contribution is 2.28. The summed E-state index contributed by atoms with van der Waals surface area (Å²) < 4.78 is 4.45. The van der Waals surface area contributed by atoms with E-state index in [4.69, 9.17) is 5.11 Å². The fraction of sp³-hybridized carbons (Fsp3) is 0.556. The minimum Gasteiger partial charge on any atom is -0.450 e. The van der Waals surface area contributed by atoms with Crippen LogP contribution in [0.25, 0.3) is 0 Å². The summed E-state index contributed by atoms with van der Waals surface area (Å²) in [6.45, 7) is 1.14. The normalized spacial score (nSPS) is 14.1. The Morgan fingerprint density at radius 1 is 1.73 bits per heavy atom. The van der Waals surface area contributed by atoms with Gasteiger partial charge in [-0.1, -0.05) is 0 Å². The van der Waals surface area contributed by atoms with E-state index in [1.165, 1.54) is 0 Å². The van der Waals surface area contributed by atoms with Crippen molar-refractivity contribution in [2.75, 3.05) is 25.1 Å². The first-order valence-electron chi connectivity index (χ1n) is 4.81. The number of carboxylic acid groups (broad SMARTS) is 1. The molecule has 0 aromatic carbocycles. The largest absolute Gasteiger partial charge is 0.505 e. The van der Waals surface area contributed by atoms with Gasteiger partial charge in [-0.05, 0) is 0 Å². The van der Waals surface area contributed by atoms with E-state index in [1.54, 1.807) is 0 Å². The van der Waals surface area contributed by atoms with Gasteiger partial charge in [0.15, 0.2) is 0 Å². The zero-order chi connectivity index (χ0) is 10.8. The van der Waals surface area contributed by atoms with Crippen molar-refractivity contribution in [2.45, 2.75) is 12.8 Å². The molecule has 0 saturated carbocycles. The van der Waals surface area contributed by atoms with E-state index in [-0.39, 0.29) is 6.61 Å². The van der Waals surface area contributed by atoms with Crippen LogP contribution in [0.5, 0.6) is 0 Å². The van der Waals surface area contributed by atoms with Gasteiger partial charge in [0.1, 0.15) is 6.61 Å². The number of hydrogen-bond donors (Lipinski definition) is 2. The Hall–Kier alpha value is -1.72. The average molecular weight is 211 g/mol. The lowest BCUT2D eigenvalue weighted by atomic mass is 10.2. The summed E-state index contributed by atoms with van der Waals surface area (Å²) in [7, 11) is 2.00. The van der Waals surface area contributed by atoms with Crippen molar-refractivity contribution in [3.8, 4) is 0 Å². The Morgan fingerprint density at radius 3 is 3.27 bits per heavy atom. The SMILES string of the molecule is CN1CCc2[nH]nc(CCOC(=O)O)c21. The van der Waals surface area contributed by atoms with Crippen molar-refractivity contribution in [2.24, 2.45) is 0 Å². The van der Waals surface area contributed by atoms with Crippen LogP contribution < -0.4 is 4.90 Å². The van der Waals surface area contributed by atoms with Crippen molar-refractivity contribution in [1.29, 1.82) is 0 Å². The lowest BCUT2D eigenvalue weighted by molar-refractivity contribution is 0.0925. The Kier molecular flexibility index (Phi) is 2.49. The quantitative estimate of drug-likeness (QED) is 0.717. The van der Waals surface area contributed by atoms with Gasteiger partial charge in [-0.2, -0.15) is 5.10 Å². The second kappa shape index (κ2) is 3.80. The van der Waals surface area contributed by atoms with Gasteiger partial charge in [0.2, 0.25) is 0 Å². The molecule has 0 atom stereocenters. The van der Waals surface area contributed by atoms with Crippen LogP contribution in [0.3, 0.4) is 0 Å². The van der Waals surface area contributed by atoms with E-state index in [1.807, 2.05) is 7.05 Å². The summed E-state index contributed by atoms with van der Waals surface area (Å²) in [6, 6.07) is 0. The lowest BCUT2D eigenvalue weighted by Crippen LogP contribution is -2.15. The maximum absolute atomic E-state index is 10.2. The molecule has 0 fully saturated rings. The van der Waals surface area contributed by atoms with E-state index in [9.17, 15) is 4.79 Å². The van der Waals surface area contributed by atoms with E-state index in [0.29, 0.717) is 6.42 Å². The topological polar surface area (TPSA) is 78.5 Å². The van der Waals surface area contributed by atoms with Gasteiger partial charge in [-0.15, -0.1) is 0 Å². The van der Waals surface area contributed by atoms with Gasteiger partial charge in [-0.25, -0.2) is 4.79 Å². The van der Waals surface area contributed by atoms with Crippen LogP contribution in [-0.4, -0.2) is 41.7 Å². The number of anilines is 1. The number of H-pyrrole nitrogens is 1. The molecule has 1 aliphatic heterocycles. The van der Waals surface area contributed by atoms with Gasteiger partial charge >= 0.3 is 6.16 Å². The zero-order valence-corrected chi connectivity index (χ0v) is 8.49. The predicted octanol–water partition coefficient (Wildman–Crippen LogP) is 0.639. The van der Waals surface area contributed by atoms with E-state index in [0.717, 1.165) is 30.0 Å². The highest BCUT2D eigenvalue weighted by Gasteiger charge is 2.22. The first-order chi connectivity index (χ1) is 7.18. The third-order valence-corrected chi connectivity index (χ3v) is 2.53. The van der Waals surface area contributed by atoms with E-state index >= 15 is 0 Å². The minimum absolute atomic E-state index is 0.153. The summed E-state index contributed by atoms with van der Waals surface area (Å²) in [5, 5.41) is 15.4. The number of nitrogens with zero attached hydrogens (tertiary/aromatic N) is 2. The maximum atomic E-state index is 10.2. The summed E-state index contributed by atoms with van der Waals surface area (Å²) in [5.74, 6) is 0. The fourth-order valence-corrected chi connectivity index (χ4v) is 1.84. The molecule has 1 aromatic rings. The number of fused-ring (bicyclic) bond motifs is 1. The Labute approximate surface area is 86.8 Å². The molecule has 1 aromatic heterocycles. The molecule has 0 amide bonds. The minimum atomic E-state index is -1.24. The number of nitrogens with one attached hydrogen (secondary N) is 1. The van der Waals surface area contributed by atoms with Gasteiger partial charge in [0.05, 0.1) is 17.1 Å². The first kappa shape index (κ1) is 9.82. The molecular weight excluding hydrogens is 198 g/mol. The second-order valence-corrected chi connectivity index (χ2v) is 3.53. The third kappa shape index (κ3) is 1.88. The standard InChI is InChI=1S/C9H13N3O3/c1-12-4-2-6-8(12)7(11-10-6)3-5-15-9(13)14/h2-5H2,1H3,(H,10,11)(H,13,14). The van der Waals surface area contributed by atoms with E-state index in [2.05, 4.69) is 19.8 Å². The highest BCUT2D eigenvalue weighted by atomic mass is 16.7. The van der Waals surface area contributed by atoms with Crippen LogP contribution in [0, 0.1) is 0 Å². The number of ether oxygens (including phenoxy) is 1. The number of hydrogen-bond acceptors (Lipinski definition) is 4. The van der Waals surface area contributed by atoms with Crippen molar-refractivity contribution >= 4 is 11.8 Å². The second-order valence-electron chi connectivity index (χ2n) is 3.53. The molecule has 0 unspecified atom stereocenters.